The summed E-state index contributed by atoms with van der Waals surface area (Å²) in [6.07, 6.45) is 1.12. The molecule has 15 heavy (non-hydrogen) atoms. The molecular formula is C10H20N2O2S. The average Bonchev–Trinajstić information content (AvgIpc) is 2.52. The van der Waals surface area contributed by atoms with Crippen LogP contribution < -0.4 is 5.32 Å². The third-order valence-electron chi connectivity index (χ3n) is 2.33. The summed E-state index contributed by atoms with van der Waals surface area (Å²) >= 11 is 1.93. The quantitative estimate of drug-likeness (QED) is 0.687. The van der Waals surface area contributed by atoms with Crippen LogP contribution in [0.4, 0.5) is 0 Å². The molecule has 0 spiro atoms. The predicted octanol–water partition coefficient (Wildman–Crippen LogP) is 0.188. The van der Waals surface area contributed by atoms with E-state index in [-0.39, 0.29) is 5.91 Å². The Morgan fingerprint density at radius 1 is 1.47 bits per heavy atom. The number of methoxy groups -OCH3 is 1. The number of nitrogens with one attached hydrogen (secondary N) is 1. The molecule has 0 unspecified atom stereocenters. The van der Waals surface area contributed by atoms with E-state index in [2.05, 4.69) is 5.32 Å². The summed E-state index contributed by atoms with van der Waals surface area (Å²) in [5.41, 5.74) is 0. The maximum absolute atomic E-state index is 11.7. The number of rotatable bonds is 5. The Labute approximate surface area is 95.7 Å². The minimum Gasteiger partial charge on any atom is -0.383 e. The van der Waals surface area contributed by atoms with E-state index in [1.54, 1.807) is 7.11 Å². The van der Waals surface area contributed by atoms with Crippen LogP contribution in [0.3, 0.4) is 0 Å². The van der Waals surface area contributed by atoms with Crippen LogP contribution in [-0.2, 0) is 9.53 Å². The maximum Gasteiger partial charge on any atom is 0.236 e. The van der Waals surface area contributed by atoms with Gasteiger partial charge in [-0.3, -0.25) is 4.79 Å². The zero-order chi connectivity index (χ0) is 10.9. The Kier molecular flexibility index (Phi) is 6.80. The number of hydrogen-bond donors (Lipinski definition) is 1. The largest absolute Gasteiger partial charge is 0.383 e. The molecule has 1 aliphatic rings. The van der Waals surface area contributed by atoms with E-state index in [9.17, 15) is 4.79 Å². The highest BCUT2D eigenvalue weighted by molar-refractivity contribution is 7.99. The summed E-state index contributed by atoms with van der Waals surface area (Å²) < 4.78 is 4.90. The van der Waals surface area contributed by atoms with Crippen LogP contribution in [-0.4, -0.2) is 62.2 Å². The SMILES string of the molecule is COCCNCC(=O)N1CCCSCC1. The molecule has 4 nitrogen and oxygen atoms in total. The Morgan fingerprint density at radius 2 is 2.33 bits per heavy atom. The van der Waals surface area contributed by atoms with Crippen LogP contribution in [0.5, 0.6) is 0 Å². The van der Waals surface area contributed by atoms with Gasteiger partial charge in [-0.25, -0.2) is 0 Å². The lowest BCUT2D eigenvalue weighted by atomic mass is 10.4. The van der Waals surface area contributed by atoms with Crippen molar-refractivity contribution in [1.29, 1.82) is 0 Å². The van der Waals surface area contributed by atoms with E-state index in [4.69, 9.17) is 4.74 Å². The normalized spacial score (nSPS) is 17.5. The molecule has 0 aliphatic carbocycles. The average molecular weight is 232 g/mol. The number of carbonyl (C=O) groups is 1. The highest BCUT2D eigenvalue weighted by Gasteiger charge is 2.14. The number of carbonyl (C=O) groups excluding carboxylic acids is 1. The van der Waals surface area contributed by atoms with Crippen LogP contribution >= 0.6 is 11.8 Å². The zero-order valence-electron chi connectivity index (χ0n) is 9.33. The molecule has 0 atom stereocenters. The van der Waals surface area contributed by atoms with Crippen molar-refractivity contribution >= 4 is 17.7 Å². The summed E-state index contributed by atoms with van der Waals surface area (Å²) in [5.74, 6) is 2.47. The van der Waals surface area contributed by atoms with Crippen LogP contribution in [0.1, 0.15) is 6.42 Å². The fourth-order valence-electron chi connectivity index (χ4n) is 1.48. The van der Waals surface area contributed by atoms with Crippen molar-refractivity contribution < 1.29 is 9.53 Å². The Bertz CT molecular complexity index is 182. The number of hydrogen-bond acceptors (Lipinski definition) is 4. The Hall–Kier alpha value is -0.260. The molecular weight excluding hydrogens is 212 g/mol. The first-order valence-electron chi connectivity index (χ1n) is 5.40. The minimum atomic E-state index is 0.216. The molecule has 0 saturated carbocycles. The minimum absolute atomic E-state index is 0.216. The van der Waals surface area contributed by atoms with Gasteiger partial charge in [-0.15, -0.1) is 0 Å². The fourth-order valence-corrected chi connectivity index (χ4v) is 2.36. The first kappa shape index (κ1) is 12.8. The molecule has 0 aromatic rings. The smallest absolute Gasteiger partial charge is 0.236 e. The molecule has 5 heteroatoms. The second kappa shape index (κ2) is 7.96. The van der Waals surface area contributed by atoms with Crippen molar-refractivity contribution in [3.05, 3.63) is 0 Å². The third kappa shape index (κ3) is 5.39. The van der Waals surface area contributed by atoms with Gasteiger partial charge in [0, 0.05) is 32.5 Å². The van der Waals surface area contributed by atoms with Crippen LogP contribution in [0.2, 0.25) is 0 Å². The first-order valence-corrected chi connectivity index (χ1v) is 6.55. The first-order chi connectivity index (χ1) is 7.34. The predicted molar refractivity (Wildman–Crippen MR) is 63.3 cm³/mol. The summed E-state index contributed by atoms with van der Waals surface area (Å²) in [7, 11) is 1.66. The van der Waals surface area contributed by atoms with Gasteiger partial charge in [0.1, 0.15) is 0 Å². The van der Waals surface area contributed by atoms with Gasteiger partial charge in [0.15, 0.2) is 0 Å². The summed E-state index contributed by atoms with van der Waals surface area (Å²) in [6.45, 7) is 3.65. The standard InChI is InChI=1S/C10H20N2O2S/c1-14-6-3-11-9-10(13)12-4-2-7-15-8-5-12/h11H,2-9H2,1H3. The lowest BCUT2D eigenvalue weighted by Gasteiger charge is -2.20. The summed E-state index contributed by atoms with van der Waals surface area (Å²) in [5, 5.41) is 3.08. The van der Waals surface area contributed by atoms with Gasteiger partial charge >= 0.3 is 0 Å². The van der Waals surface area contributed by atoms with Gasteiger partial charge in [-0.2, -0.15) is 11.8 Å². The fraction of sp³-hybridized carbons (Fsp3) is 0.900. The van der Waals surface area contributed by atoms with E-state index in [1.165, 1.54) is 5.75 Å². The lowest BCUT2D eigenvalue weighted by Crippen LogP contribution is -2.40. The van der Waals surface area contributed by atoms with Crippen molar-refractivity contribution in [2.45, 2.75) is 6.42 Å². The maximum atomic E-state index is 11.7. The van der Waals surface area contributed by atoms with Crippen molar-refractivity contribution in [2.75, 3.05) is 51.4 Å². The van der Waals surface area contributed by atoms with E-state index in [0.717, 1.165) is 31.8 Å². The van der Waals surface area contributed by atoms with Crippen molar-refractivity contribution in [1.82, 2.24) is 10.2 Å². The van der Waals surface area contributed by atoms with Gasteiger partial charge in [-0.05, 0) is 12.2 Å². The molecule has 1 fully saturated rings. The molecule has 1 N–H and O–H groups in total. The van der Waals surface area contributed by atoms with E-state index >= 15 is 0 Å². The van der Waals surface area contributed by atoms with Gasteiger partial charge in [0.2, 0.25) is 5.91 Å². The highest BCUT2D eigenvalue weighted by atomic mass is 32.2. The molecule has 0 aromatic heterocycles. The summed E-state index contributed by atoms with van der Waals surface area (Å²) in [6, 6.07) is 0. The molecule has 1 rings (SSSR count). The molecule has 0 radical (unpaired) electrons. The van der Waals surface area contributed by atoms with Crippen molar-refractivity contribution in [3.8, 4) is 0 Å². The van der Waals surface area contributed by atoms with E-state index in [0.29, 0.717) is 13.2 Å². The van der Waals surface area contributed by atoms with Crippen LogP contribution in [0.15, 0.2) is 0 Å². The van der Waals surface area contributed by atoms with E-state index in [1.807, 2.05) is 16.7 Å². The Morgan fingerprint density at radius 3 is 3.13 bits per heavy atom. The topological polar surface area (TPSA) is 41.6 Å². The molecule has 88 valence electrons. The van der Waals surface area contributed by atoms with Gasteiger partial charge in [0.05, 0.1) is 13.2 Å². The zero-order valence-corrected chi connectivity index (χ0v) is 10.1. The van der Waals surface area contributed by atoms with Gasteiger partial charge in [0.25, 0.3) is 0 Å². The molecule has 1 heterocycles. The van der Waals surface area contributed by atoms with E-state index < -0.39 is 0 Å². The molecule has 1 saturated heterocycles. The molecule has 0 bridgehead atoms. The number of thioether (sulfide) groups is 1. The van der Waals surface area contributed by atoms with Gasteiger partial charge < -0.3 is 15.0 Å². The van der Waals surface area contributed by atoms with Crippen molar-refractivity contribution in [2.24, 2.45) is 0 Å². The highest BCUT2D eigenvalue weighted by Crippen LogP contribution is 2.09. The molecule has 1 aliphatic heterocycles. The van der Waals surface area contributed by atoms with Crippen LogP contribution in [0.25, 0.3) is 0 Å². The number of nitrogens with zero attached hydrogens (tertiary/aromatic N) is 1. The third-order valence-corrected chi connectivity index (χ3v) is 3.38. The van der Waals surface area contributed by atoms with Crippen molar-refractivity contribution in [3.63, 3.8) is 0 Å². The van der Waals surface area contributed by atoms with Gasteiger partial charge in [-0.1, -0.05) is 0 Å². The van der Waals surface area contributed by atoms with Crippen LogP contribution in [0, 0.1) is 0 Å². The second-order valence-electron chi connectivity index (χ2n) is 3.52. The lowest BCUT2D eigenvalue weighted by molar-refractivity contribution is -0.130. The summed E-state index contributed by atoms with van der Waals surface area (Å²) in [4.78, 5) is 13.7. The molecule has 1 amide bonds. The second-order valence-corrected chi connectivity index (χ2v) is 4.74. The molecule has 0 aromatic carbocycles. The monoisotopic (exact) mass is 232 g/mol. The number of amides is 1. The number of ether oxygens (including phenoxy) is 1. The Balaban J connectivity index is 2.14.